The molecule has 1 aromatic carbocycles. The minimum Gasteiger partial charge on any atom is -0.455 e. The molecule has 1 saturated carbocycles. The Hall–Kier alpha value is -1.36. The highest BCUT2D eigenvalue weighted by atomic mass is 79.9. The predicted octanol–water partition coefficient (Wildman–Crippen LogP) is 3.82. The zero-order valence-corrected chi connectivity index (χ0v) is 13.7. The molecule has 1 fully saturated rings. The second-order valence-corrected chi connectivity index (χ2v) is 6.37. The average molecular weight is 354 g/mol. The Labute approximate surface area is 133 Å². The average Bonchev–Trinajstić information content (AvgIpc) is 2.48. The van der Waals surface area contributed by atoms with Crippen molar-refractivity contribution in [1.82, 2.24) is 0 Å². The Balaban J connectivity index is 1.80. The van der Waals surface area contributed by atoms with Gasteiger partial charge in [0.05, 0.1) is 5.92 Å². The smallest absolute Gasteiger partial charge is 0.309 e. The molecule has 5 heteroatoms. The van der Waals surface area contributed by atoms with Crippen LogP contribution in [-0.2, 0) is 14.3 Å². The number of hydrogen-bond donors (Lipinski definition) is 1. The first kappa shape index (κ1) is 16.0. The van der Waals surface area contributed by atoms with E-state index in [2.05, 4.69) is 21.2 Å². The van der Waals surface area contributed by atoms with Gasteiger partial charge in [0.1, 0.15) is 0 Å². The summed E-state index contributed by atoms with van der Waals surface area (Å²) < 4.78 is 6.08. The second kappa shape index (κ2) is 7.59. The summed E-state index contributed by atoms with van der Waals surface area (Å²) in [4.78, 5) is 23.7. The van der Waals surface area contributed by atoms with Crippen LogP contribution in [0.1, 0.15) is 37.7 Å². The van der Waals surface area contributed by atoms with Crippen molar-refractivity contribution in [3.05, 3.63) is 28.2 Å². The Kier molecular flexibility index (Phi) is 5.79. The van der Waals surface area contributed by atoms with Gasteiger partial charge >= 0.3 is 5.97 Å². The molecule has 1 aliphatic rings. The lowest BCUT2D eigenvalue weighted by molar-refractivity contribution is -0.152. The van der Waals surface area contributed by atoms with Crippen molar-refractivity contribution in [1.29, 1.82) is 0 Å². The van der Waals surface area contributed by atoms with Crippen LogP contribution >= 0.6 is 15.9 Å². The number of nitrogens with one attached hydrogen (secondary N) is 1. The van der Waals surface area contributed by atoms with E-state index in [1.807, 2.05) is 25.1 Å². The van der Waals surface area contributed by atoms with Crippen molar-refractivity contribution in [2.24, 2.45) is 5.92 Å². The predicted molar refractivity (Wildman–Crippen MR) is 85.0 cm³/mol. The van der Waals surface area contributed by atoms with Gasteiger partial charge in [-0.15, -0.1) is 0 Å². The van der Waals surface area contributed by atoms with Crippen molar-refractivity contribution >= 4 is 33.5 Å². The van der Waals surface area contributed by atoms with E-state index in [1.54, 1.807) is 0 Å². The summed E-state index contributed by atoms with van der Waals surface area (Å²) in [6, 6.07) is 5.60. The number of esters is 1. The number of ether oxygens (including phenoxy) is 1. The highest BCUT2D eigenvalue weighted by molar-refractivity contribution is 9.10. The van der Waals surface area contributed by atoms with Crippen LogP contribution in [0.4, 0.5) is 5.69 Å². The maximum atomic E-state index is 11.9. The lowest BCUT2D eigenvalue weighted by atomic mass is 9.89. The Bertz CT molecular complexity index is 524. The fourth-order valence-corrected chi connectivity index (χ4v) is 3.02. The van der Waals surface area contributed by atoms with E-state index in [-0.39, 0.29) is 24.4 Å². The van der Waals surface area contributed by atoms with Crippen LogP contribution in [0.5, 0.6) is 0 Å². The van der Waals surface area contributed by atoms with Crippen LogP contribution in [-0.4, -0.2) is 18.5 Å². The second-order valence-electron chi connectivity index (χ2n) is 5.45. The molecule has 0 saturated heterocycles. The molecule has 0 atom stereocenters. The Morgan fingerprint density at radius 3 is 2.67 bits per heavy atom. The van der Waals surface area contributed by atoms with Crippen LogP contribution in [0.3, 0.4) is 0 Å². The van der Waals surface area contributed by atoms with Crippen molar-refractivity contribution in [2.75, 3.05) is 11.9 Å². The molecular weight excluding hydrogens is 334 g/mol. The fraction of sp³-hybridized carbons (Fsp3) is 0.500. The van der Waals surface area contributed by atoms with E-state index in [0.29, 0.717) is 0 Å². The van der Waals surface area contributed by atoms with Gasteiger partial charge in [-0.25, -0.2) is 0 Å². The number of carbonyl (C=O) groups excluding carboxylic acids is 2. The quantitative estimate of drug-likeness (QED) is 0.837. The Morgan fingerprint density at radius 2 is 2.00 bits per heavy atom. The third kappa shape index (κ3) is 4.84. The molecule has 0 aliphatic heterocycles. The van der Waals surface area contributed by atoms with Gasteiger partial charge in [-0.2, -0.15) is 0 Å². The largest absolute Gasteiger partial charge is 0.455 e. The number of hydrogen-bond acceptors (Lipinski definition) is 3. The van der Waals surface area contributed by atoms with E-state index in [1.165, 1.54) is 6.42 Å². The molecule has 0 radical (unpaired) electrons. The number of carbonyl (C=O) groups is 2. The van der Waals surface area contributed by atoms with Gasteiger partial charge in [0, 0.05) is 10.2 Å². The topological polar surface area (TPSA) is 55.4 Å². The summed E-state index contributed by atoms with van der Waals surface area (Å²) in [5, 5.41) is 2.76. The van der Waals surface area contributed by atoms with E-state index in [0.717, 1.165) is 41.4 Å². The van der Waals surface area contributed by atoms with Crippen molar-refractivity contribution in [3.8, 4) is 0 Å². The van der Waals surface area contributed by atoms with E-state index >= 15 is 0 Å². The molecule has 1 amide bonds. The maximum absolute atomic E-state index is 11.9. The summed E-state index contributed by atoms with van der Waals surface area (Å²) >= 11 is 3.37. The monoisotopic (exact) mass is 353 g/mol. The van der Waals surface area contributed by atoms with Crippen molar-refractivity contribution in [2.45, 2.75) is 39.0 Å². The molecule has 2 rings (SSSR count). The first-order valence-electron chi connectivity index (χ1n) is 7.29. The normalized spacial score (nSPS) is 15.5. The molecule has 0 aromatic heterocycles. The van der Waals surface area contributed by atoms with Crippen LogP contribution < -0.4 is 5.32 Å². The molecule has 114 valence electrons. The molecule has 0 bridgehead atoms. The zero-order chi connectivity index (χ0) is 15.2. The third-order valence-electron chi connectivity index (χ3n) is 3.75. The molecule has 0 spiro atoms. The minimum absolute atomic E-state index is 0.0269. The summed E-state index contributed by atoms with van der Waals surface area (Å²) in [5.74, 6) is -0.567. The third-order valence-corrected chi connectivity index (χ3v) is 4.24. The zero-order valence-electron chi connectivity index (χ0n) is 12.2. The molecule has 1 aliphatic carbocycles. The molecule has 1 N–H and O–H groups in total. The van der Waals surface area contributed by atoms with Crippen LogP contribution in [0, 0.1) is 12.8 Å². The fourth-order valence-electron chi connectivity index (χ4n) is 2.55. The molecule has 4 nitrogen and oxygen atoms in total. The van der Waals surface area contributed by atoms with Gasteiger partial charge in [-0.1, -0.05) is 35.2 Å². The molecule has 1 aromatic rings. The van der Waals surface area contributed by atoms with Gasteiger partial charge in [0.15, 0.2) is 6.61 Å². The van der Waals surface area contributed by atoms with Gasteiger partial charge in [0.25, 0.3) is 5.91 Å². The molecule has 0 unspecified atom stereocenters. The molecule has 21 heavy (non-hydrogen) atoms. The van der Waals surface area contributed by atoms with E-state index < -0.39 is 0 Å². The standard InChI is InChI=1S/C16H20BrNO3/c1-11-9-13(17)7-8-14(11)18-15(19)10-21-16(20)12-5-3-2-4-6-12/h7-9,12H,2-6,10H2,1H3,(H,18,19). The summed E-state index contributed by atoms with van der Waals surface area (Å²) in [5.41, 5.74) is 1.69. The number of aryl methyl sites for hydroxylation is 1. The number of anilines is 1. The maximum Gasteiger partial charge on any atom is 0.309 e. The number of benzene rings is 1. The molecule has 0 heterocycles. The van der Waals surface area contributed by atoms with Gasteiger partial charge in [0.2, 0.25) is 0 Å². The molecular formula is C16H20BrNO3. The van der Waals surface area contributed by atoms with Crippen LogP contribution in [0.2, 0.25) is 0 Å². The number of rotatable bonds is 4. The van der Waals surface area contributed by atoms with E-state index in [9.17, 15) is 9.59 Å². The first-order valence-corrected chi connectivity index (χ1v) is 8.08. The van der Waals surface area contributed by atoms with Gasteiger partial charge in [-0.05, 0) is 43.5 Å². The summed E-state index contributed by atoms with van der Waals surface area (Å²) in [6.07, 6.45) is 5.10. The highest BCUT2D eigenvalue weighted by Crippen LogP contribution is 2.24. The van der Waals surface area contributed by atoms with Crippen LogP contribution in [0.25, 0.3) is 0 Å². The summed E-state index contributed by atoms with van der Waals surface area (Å²) in [6.45, 7) is 1.69. The lowest BCUT2D eigenvalue weighted by Gasteiger charge is -2.19. The Morgan fingerprint density at radius 1 is 1.29 bits per heavy atom. The highest BCUT2D eigenvalue weighted by Gasteiger charge is 2.23. The SMILES string of the molecule is Cc1cc(Br)ccc1NC(=O)COC(=O)C1CCCCC1. The van der Waals surface area contributed by atoms with Gasteiger partial charge in [-0.3, -0.25) is 9.59 Å². The first-order chi connectivity index (χ1) is 10.1. The lowest BCUT2D eigenvalue weighted by Crippen LogP contribution is -2.26. The number of halogens is 1. The van der Waals surface area contributed by atoms with Gasteiger partial charge < -0.3 is 10.1 Å². The van der Waals surface area contributed by atoms with Crippen LogP contribution in [0.15, 0.2) is 22.7 Å². The van der Waals surface area contributed by atoms with E-state index in [4.69, 9.17) is 4.74 Å². The van der Waals surface area contributed by atoms with Crippen molar-refractivity contribution < 1.29 is 14.3 Å². The number of amides is 1. The summed E-state index contributed by atoms with van der Waals surface area (Å²) in [7, 11) is 0. The minimum atomic E-state index is -0.301. The van der Waals surface area contributed by atoms with Crippen molar-refractivity contribution in [3.63, 3.8) is 0 Å².